The highest BCUT2D eigenvalue weighted by Gasteiger charge is 2.17. The first-order valence-electron chi connectivity index (χ1n) is 9.86. The summed E-state index contributed by atoms with van der Waals surface area (Å²) in [5.41, 5.74) is 1.77. The van der Waals surface area contributed by atoms with E-state index in [1.165, 1.54) is 0 Å². The number of halogens is 1. The minimum atomic E-state index is -1.63. The molecule has 0 saturated carbocycles. The van der Waals surface area contributed by atoms with Gasteiger partial charge in [0, 0.05) is 17.2 Å². The molecular formula is C20H25ClN7PS. The Morgan fingerprint density at radius 1 is 1.17 bits per heavy atom. The molecule has 0 radical (unpaired) electrons. The van der Waals surface area contributed by atoms with Crippen molar-refractivity contribution >= 4 is 57.9 Å². The fourth-order valence-corrected chi connectivity index (χ4v) is 5.27. The average molecular weight is 462 g/mol. The van der Waals surface area contributed by atoms with Crippen LogP contribution in [-0.2, 0) is 11.8 Å². The van der Waals surface area contributed by atoms with Crippen LogP contribution in [0.2, 0.25) is 5.02 Å². The quantitative estimate of drug-likeness (QED) is 0.477. The van der Waals surface area contributed by atoms with Gasteiger partial charge < -0.3 is 16.0 Å². The van der Waals surface area contributed by atoms with E-state index in [0.29, 0.717) is 22.8 Å². The second kappa shape index (κ2) is 9.02. The van der Waals surface area contributed by atoms with E-state index < -0.39 is 6.04 Å². The summed E-state index contributed by atoms with van der Waals surface area (Å²) in [6.07, 6.45) is 7.54. The number of anilines is 4. The third kappa shape index (κ3) is 5.01. The maximum absolute atomic E-state index is 6.37. The molecule has 3 heterocycles. The molecule has 0 spiro atoms. The van der Waals surface area contributed by atoms with Gasteiger partial charge in [0.05, 0.1) is 24.1 Å². The van der Waals surface area contributed by atoms with Crippen LogP contribution in [-0.4, -0.2) is 46.2 Å². The third-order valence-electron chi connectivity index (χ3n) is 5.02. The Hall–Kier alpha value is -1.99. The summed E-state index contributed by atoms with van der Waals surface area (Å²) in [4.78, 5) is 8.89. The van der Waals surface area contributed by atoms with E-state index in [1.807, 2.05) is 29.1 Å². The number of aromatic nitrogens is 4. The maximum Gasteiger partial charge on any atom is 0.229 e. The van der Waals surface area contributed by atoms with Crippen molar-refractivity contribution in [1.29, 1.82) is 0 Å². The first kappa shape index (κ1) is 21.2. The molecule has 30 heavy (non-hydrogen) atoms. The van der Waals surface area contributed by atoms with Gasteiger partial charge in [0.15, 0.2) is 5.82 Å². The molecule has 0 atom stereocenters. The molecular weight excluding hydrogens is 437 g/mol. The minimum Gasteiger partial charge on any atom is -0.338 e. The number of piperidine rings is 1. The van der Waals surface area contributed by atoms with Crippen LogP contribution in [0.4, 0.5) is 23.1 Å². The van der Waals surface area contributed by atoms with Crippen molar-refractivity contribution in [1.82, 2.24) is 25.1 Å². The zero-order valence-electron chi connectivity index (χ0n) is 17.0. The molecule has 0 amide bonds. The van der Waals surface area contributed by atoms with Crippen LogP contribution in [0.15, 0.2) is 42.9 Å². The van der Waals surface area contributed by atoms with Gasteiger partial charge in [0.1, 0.15) is 5.02 Å². The van der Waals surface area contributed by atoms with Gasteiger partial charge in [-0.1, -0.05) is 41.6 Å². The molecule has 1 aliphatic heterocycles. The first-order valence-corrected chi connectivity index (χ1v) is 13.9. The van der Waals surface area contributed by atoms with Crippen LogP contribution in [0, 0.1) is 0 Å². The van der Waals surface area contributed by atoms with Crippen LogP contribution in [0.3, 0.4) is 0 Å². The van der Waals surface area contributed by atoms with E-state index in [9.17, 15) is 0 Å². The van der Waals surface area contributed by atoms with Crippen molar-refractivity contribution in [3.63, 3.8) is 0 Å². The molecule has 0 aliphatic carbocycles. The summed E-state index contributed by atoms with van der Waals surface area (Å²) < 4.78 is 2.02. The topological polar surface area (TPSA) is 79.7 Å². The van der Waals surface area contributed by atoms with E-state index in [-0.39, 0.29) is 0 Å². The van der Waals surface area contributed by atoms with Gasteiger partial charge in [0.25, 0.3) is 0 Å². The molecule has 7 nitrogen and oxygen atoms in total. The van der Waals surface area contributed by atoms with E-state index in [1.54, 1.807) is 12.4 Å². The summed E-state index contributed by atoms with van der Waals surface area (Å²) in [5.74, 6) is 0.993. The molecule has 2 aromatic heterocycles. The van der Waals surface area contributed by atoms with Crippen molar-refractivity contribution in [2.45, 2.75) is 18.9 Å². The monoisotopic (exact) mass is 461 g/mol. The first-order chi connectivity index (χ1) is 14.4. The Balaban J connectivity index is 1.53. The number of hydrogen-bond donors (Lipinski definition) is 3. The molecule has 1 fully saturated rings. The summed E-state index contributed by atoms with van der Waals surface area (Å²) >= 11 is 12.1. The van der Waals surface area contributed by atoms with Crippen LogP contribution in [0.1, 0.15) is 18.9 Å². The predicted octanol–water partition coefficient (Wildman–Crippen LogP) is 4.10. The highest BCUT2D eigenvalue weighted by atomic mass is 35.5. The highest BCUT2D eigenvalue weighted by molar-refractivity contribution is 8.17. The second-order valence-corrected chi connectivity index (χ2v) is 14.0. The molecule has 1 aromatic carbocycles. The second-order valence-electron chi connectivity index (χ2n) is 7.70. The van der Waals surface area contributed by atoms with Crippen LogP contribution in [0.25, 0.3) is 0 Å². The normalized spacial score (nSPS) is 15.2. The molecule has 158 valence electrons. The zero-order chi connectivity index (χ0) is 21.1. The smallest absolute Gasteiger partial charge is 0.229 e. The highest BCUT2D eigenvalue weighted by Crippen LogP contribution is 2.39. The summed E-state index contributed by atoms with van der Waals surface area (Å²) in [6.45, 7) is 6.26. The van der Waals surface area contributed by atoms with Crippen molar-refractivity contribution in [3.05, 3.63) is 47.9 Å². The molecule has 0 bridgehead atoms. The predicted molar refractivity (Wildman–Crippen MR) is 129 cm³/mol. The molecule has 3 aromatic rings. The van der Waals surface area contributed by atoms with E-state index in [2.05, 4.69) is 50.4 Å². The molecule has 1 aliphatic rings. The maximum atomic E-state index is 6.37. The van der Waals surface area contributed by atoms with Crippen LogP contribution < -0.4 is 21.3 Å². The van der Waals surface area contributed by atoms with Crippen molar-refractivity contribution in [3.8, 4) is 0 Å². The van der Waals surface area contributed by atoms with Gasteiger partial charge in [-0.05, 0) is 51.4 Å². The third-order valence-corrected chi connectivity index (χ3v) is 7.44. The molecule has 10 heteroatoms. The van der Waals surface area contributed by atoms with E-state index in [0.717, 1.165) is 42.6 Å². The lowest BCUT2D eigenvalue weighted by Gasteiger charge is -2.22. The fraction of sp³-hybridized carbons (Fsp3) is 0.350. The van der Waals surface area contributed by atoms with Crippen molar-refractivity contribution < 1.29 is 0 Å². The van der Waals surface area contributed by atoms with E-state index >= 15 is 0 Å². The lowest BCUT2D eigenvalue weighted by atomic mass is 10.1. The Bertz CT molecular complexity index is 1070. The van der Waals surface area contributed by atoms with Crippen molar-refractivity contribution in [2.75, 3.05) is 37.1 Å². The number of hydrogen-bond acceptors (Lipinski definition) is 7. The Morgan fingerprint density at radius 2 is 1.93 bits per heavy atom. The fourth-order valence-electron chi connectivity index (χ4n) is 3.49. The van der Waals surface area contributed by atoms with Gasteiger partial charge in [-0.15, -0.1) is 0 Å². The Kier molecular flexibility index (Phi) is 6.39. The number of nitrogens with zero attached hydrogens (tertiary/aromatic N) is 4. The van der Waals surface area contributed by atoms with Crippen molar-refractivity contribution in [2.24, 2.45) is 0 Å². The lowest BCUT2D eigenvalue weighted by molar-refractivity contribution is 0.343. The van der Waals surface area contributed by atoms with Crippen LogP contribution >= 0.6 is 17.6 Å². The molecule has 4 rings (SSSR count). The summed E-state index contributed by atoms with van der Waals surface area (Å²) in [5, 5.41) is 16.0. The number of nitrogens with one attached hydrogen (secondary N) is 3. The number of rotatable bonds is 6. The standard InChI is InChI=1S/C20H25ClN7PS/c1-29(2,30)18-6-4-3-5-17(18)26-19-16(21)12-23-20(27-19)25-14-11-24-28(13-14)15-7-9-22-10-8-15/h3-6,11-13,15,22H,7-10H2,1-2H3,(H2,23,25,26,27). The van der Waals surface area contributed by atoms with Gasteiger partial charge in [-0.2, -0.15) is 10.1 Å². The Morgan fingerprint density at radius 3 is 2.70 bits per heavy atom. The zero-order valence-corrected chi connectivity index (χ0v) is 19.4. The molecule has 0 unspecified atom stereocenters. The lowest BCUT2D eigenvalue weighted by Crippen LogP contribution is -2.29. The average Bonchev–Trinajstić information content (AvgIpc) is 3.19. The number of benzene rings is 1. The Labute approximate surface area is 186 Å². The minimum absolute atomic E-state index is 0.423. The largest absolute Gasteiger partial charge is 0.338 e. The number of para-hydroxylation sites is 1. The summed E-state index contributed by atoms with van der Waals surface area (Å²) in [6, 6.07) is 6.83. The van der Waals surface area contributed by atoms with Gasteiger partial charge in [-0.3, -0.25) is 4.68 Å². The SMILES string of the molecule is CP(C)(=S)c1ccccc1Nc1nc(Nc2cnn(C3CCNCC3)c2)ncc1Cl. The van der Waals surface area contributed by atoms with Gasteiger partial charge >= 0.3 is 0 Å². The molecule has 3 N–H and O–H groups in total. The molecule has 1 saturated heterocycles. The van der Waals surface area contributed by atoms with E-state index in [4.69, 9.17) is 23.4 Å². The van der Waals surface area contributed by atoms with Crippen LogP contribution in [0.5, 0.6) is 0 Å². The summed E-state index contributed by atoms with van der Waals surface area (Å²) in [7, 11) is 0. The van der Waals surface area contributed by atoms with Gasteiger partial charge in [0.2, 0.25) is 5.95 Å². The van der Waals surface area contributed by atoms with Gasteiger partial charge in [-0.25, -0.2) is 4.98 Å².